The van der Waals surface area contributed by atoms with Crippen molar-refractivity contribution in [2.45, 2.75) is 93.9 Å². The molecule has 12 nitrogen and oxygen atoms in total. The van der Waals surface area contributed by atoms with Crippen LogP contribution in [0.5, 0.6) is 23.0 Å². The third-order valence-electron chi connectivity index (χ3n) is 11.7. The smallest absolute Gasteiger partial charge is 0.225 e. The molecular weight excluding hydrogens is 837 g/mol. The fraction of sp³-hybridized carbons (Fsp3) is 0.630. The number of nitrogens with zero attached hydrogens (tertiary/aromatic N) is 2. The van der Waals surface area contributed by atoms with Crippen molar-refractivity contribution in [2.24, 2.45) is 47.3 Å². The predicted molar refractivity (Wildman–Crippen MR) is 266 cm³/mol. The Morgan fingerprint density at radius 3 is 1.02 bits per heavy atom. The Bertz CT molecular complexity index is 1670. The van der Waals surface area contributed by atoms with E-state index in [0.29, 0.717) is 86.2 Å². The maximum atomic E-state index is 13.3. The Balaban J connectivity index is 0.000000660. The standard InChI is InChI=1S/2C27H43NO5/c2*1-19(2)22(12-9-10-13-23(20(3)4)27(30)28(5)6)26(29)21-14-15-24(32-8)25(18-21)33-17-11-16-31-7/h2*9-10,14-15,18-20,22-23H,11-13,16-17H2,1-8H3/b2*10-9+/t22?,23-;22-,23-/m00/s1. The van der Waals surface area contributed by atoms with Crippen LogP contribution in [0.4, 0.5) is 0 Å². The van der Waals surface area contributed by atoms with Crippen LogP contribution >= 0.6 is 0 Å². The monoisotopic (exact) mass is 923 g/mol. The predicted octanol–water partition coefficient (Wildman–Crippen LogP) is 10.5. The first kappa shape index (κ1) is 59.3. The van der Waals surface area contributed by atoms with Crippen molar-refractivity contribution in [3.05, 3.63) is 71.8 Å². The molecule has 0 bridgehead atoms. The van der Waals surface area contributed by atoms with Gasteiger partial charge in [-0.15, -0.1) is 0 Å². The van der Waals surface area contributed by atoms with E-state index in [1.165, 1.54) is 0 Å². The quantitative estimate of drug-likeness (QED) is 0.0424. The molecule has 66 heavy (non-hydrogen) atoms. The second-order valence-electron chi connectivity index (χ2n) is 18.6. The number of amides is 2. The van der Waals surface area contributed by atoms with Crippen LogP contribution in [0.15, 0.2) is 60.7 Å². The molecule has 2 rings (SSSR count). The van der Waals surface area contributed by atoms with Gasteiger partial charge in [-0.25, -0.2) is 0 Å². The number of methoxy groups -OCH3 is 4. The molecule has 0 spiro atoms. The molecule has 0 aliphatic rings. The molecule has 1 unspecified atom stereocenters. The Morgan fingerprint density at radius 1 is 0.455 bits per heavy atom. The van der Waals surface area contributed by atoms with Crippen molar-refractivity contribution in [1.29, 1.82) is 0 Å². The Labute approximate surface area is 398 Å². The number of allylic oxidation sites excluding steroid dienone is 4. The van der Waals surface area contributed by atoms with Gasteiger partial charge in [0.1, 0.15) is 0 Å². The second-order valence-corrected chi connectivity index (χ2v) is 18.6. The fourth-order valence-corrected chi connectivity index (χ4v) is 7.40. The van der Waals surface area contributed by atoms with Gasteiger partial charge in [0.15, 0.2) is 34.6 Å². The van der Waals surface area contributed by atoms with Crippen LogP contribution in [0.3, 0.4) is 0 Å². The summed E-state index contributed by atoms with van der Waals surface area (Å²) in [6, 6.07) is 10.7. The summed E-state index contributed by atoms with van der Waals surface area (Å²) < 4.78 is 32.6. The fourth-order valence-electron chi connectivity index (χ4n) is 7.40. The number of Topliss-reactive ketones (excluding diaryl/α,β-unsaturated/α-hetero) is 2. The lowest BCUT2D eigenvalue weighted by Gasteiger charge is -2.22. The van der Waals surface area contributed by atoms with E-state index in [9.17, 15) is 19.2 Å². The van der Waals surface area contributed by atoms with Crippen molar-refractivity contribution in [3.63, 3.8) is 0 Å². The molecular formula is C54H86N2O10. The molecule has 2 amide bonds. The molecule has 0 saturated heterocycles. The minimum atomic E-state index is -0.155. The summed E-state index contributed by atoms with van der Waals surface area (Å²) in [7, 11) is 13.7. The van der Waals surface area contributed by atoms with E-state index in [4.69, 9.17) is 28.4 Å². The molecule has 0 heterocycles. The van der Waals surface area contributed by atoms with Crippen molar-refractivity contribution >= 4 is 23.4 Å². The lowest BCUT2D eigenvalue weighted by molar-refractivity contribution is -0.135. The van der Waals surface area contributed by atoms with Gasteiger partial charge >= 0.3 is 0 Å². The van der Waals surface area contributed by atoms with E-state index in [-0.39, 0.29) is 70.7 Å². The van der Waals surface area contributed by atoms with Crippen molar-refractivity contribution < 1.29 is 47.6 Å². The molecule has 0 radical (unpaired) electrons. The van der Waals surface area contributed by atoms with Crippen molar-refractivity contribution in [3.8, 4) is 23.0 Å². The summed E-state index contributed by atoms with van der Waals surface area (Å²) in [5.41, 5.74) is 1.24. The van der Waals surface area contributed by atoms with E-state index in [1.807, 2.05) is 24.3 Å². The van der Waals surface area contributed by atoms with Gasteiger partial charge in [-0.2, -0.15) is 0 Å². The lowest BCUT2D eigenvalue weighted by atomic mass is 9.84. The Hall–Kier alpha value is -4.68. The number of carbonyl (C=O) groups excluding carboxylic acids is 4. The largest absolute Gasteiger partial charge is 0.493 e. The van der Waals surface area contributed by atoms with Crippen LogP contribution in [0.25, 0.3) is 0 Å². The number of rotatable bonds is 30. The highest BCUT2D eigenvalue weighted by Gasteiger charge is 2.27. The van der Waals surface area contributed by atoms with Gasteiger partial charge < -0.3 is 38.2 Å². The maximum Gasteiger partial charge on any atom is 0.225 e. The van der Waals surface area contributed by atoms with Crippen LogP contribution in [0.2, 0.25) is 0 Å². The van der Waals surface area contributed by atoms with Gasteiger partial charge in [0, 0.05) is 103 Å². The molecule has 0 aliphatic heterocycles. The number of ether oxygens (including phenoxy) is 6. The molecule has 2 aromatic rings. The third kappa shape index (κ3) is 20.5. The van der Waals surface area contributed by atoms with Gasteiger partial charge in [-0.3, -0.25) is 19.2 Å². The summed E-state index contributed by atoms with van der Waals surface area (Å²) >= 11 is 0. The molecule has 372 valence electrons. The highest BCUT2D eigenvalue weighted by Crippen LogP contribution is 2.33. The number of ketones is 2. The highest BCUT2D eigenvalue weighted by molar-refractivity contribution is 5.99. The van der Waals surface area contributed by atoms with Crippen LogP contribution < -0.4 is 18.9 Å². The number of carbonyl (C=O) groups is 4. The normalized spacial score (nSPS) is 13.4. The second kappa shape index (κ2) is 32.1. The molecule has 0 saturated carbocycles. The first-order chi connectivity index (χ1) is 31.3. The number of hydrogen-bond acceptors (Lipinski definition) is 10. The first-order valence-electron chi connectivity index (χ1n) is 23.7. The van der Waals surface area contributed by atoms with Crippen LogP contribution in [-0.2, 0) is 19.1 Å². The lowest BCUT2D eigenvalue weighted by Crippen LogP contribution is -2.32. The number of hydrogen-bond donors (Lipinski definition) is 0. The molecule has 4 atom stereocenters. The average molecular weight is 923 g/mol. The first-order valence-corrected chi connectivity index (χ1v) is 23.7. The van der Waals surface area contributed by atoms with Crippen LogP contribution in [0, 0.1) is 47.3 Å². The third-order valence-corrected chi connectivity index (χ3v) is 11.7. The SMILES string of the molecule is COCCCOc1cc(C(=O)C(C/C=C/C[C@H](C(=O)N(C)C)C(C)C)C(C)C)ccc1OC.COCCCOc1cc(C(=O)[C@@H](C/C=C/C[C@H](C(=O)N(C)C)C(C)C)C(C)C)ccc1OC. The number of benzene rings is 2. The highest BCUT2D eigenvalue weighted by atomic mass is 16.5. The molecule has 0 aliphatic carbocycles. The molecule has 0 N–H and O–H groups in total. The Kier molecular flexibility index (Phi) is 28.9. The summed E-state index contributed by atoms with van der Waals surface area (Å²) in [6.45, 7) is 18.7. The van der Waals surface area contributed by atoms with E-state index < -0.39 is 0 Å². The van der Waals surface area contributed by atoms with E-state index in [0.717, 1.165) is 12.8 Å². The average Bonchev–Trinajstić information content (AvgIpc) is 3.27. The van der Waals surface area contributed by atoms with Gasteiger partial charge in [0.25, 0.3) is 0 Å². The van der Waals surface area contributed by atoms with Gasteiger partial charge in [0.2, 0.25) is 11.8 Å². The van der Waals surface area contributed by atoms with Crippen molar-refractivity contribution in [1.82, 2.24) is 9.80 Å². The maximum absolute atomic E-state index is 13.3. The summed E-state index contributed by atoms with van der Waals surface area (Å²) in [5, 5.41) is 0. The van der Waals surface area contributed by atoms with Gasteiger partial charge in [-0.1, -0.05) is 79.7 Å². The zero-order valence-corrected chi connectivity index (χ0v) is 43.4. The van der Waals surface area contributed by atoms with Crippen molar-refractivity contribution in [2.75, 3.05) is 83.1 Å². The summed E-state index contributed by atoms with van der Waals surface area (Å²) in [5.74, 6) is 3.27. The summed E-state index contributed by atoms with van der Waals surface area (Å²) in [6.07, 6.45) is 12.3. The van der Waals surface area contributed by atoms with E-state index >= 15 is 0 Å². The molecule has 2 aromatic carbocycles. The zero-order chi connectivity index (χ0) is 49.9. The summed E-state index contributed by atoms with van der Waals surface area (Å²) in [4.78, 5) is 54.8. The van der Waals surface area contributed by atoms with E-state index in [2.05, 4.69) is 55.4 Å². The molecule has 0 aromatic heterocycles. The minimum absolute atomic E-state index is 0.0520. The van der Waals surface area contributed by atoms with Crippen LogP contribution in [-0.4, -0.2) is 116 Å². The van der Waals surface area contributed by atoms with Gasteiger partial charge in [-0.05, 0) is 85.8 Å². The van der Waals surface area contributed by atoms with E-state index in [1.54, 1.807) is 103 Å². The molecule has 0 fully saturated rings. The molecule has 12 heteroatoms. The minimum Gasteiger partial charge on any atom is -0.493 e. The topological polar surface area (TPSA) is 130 Å². The van der Waals surface area contributed by atoms with Crippen LogP contribution in [0.1, 0.15) is 115 Å². The van der Waals surface area contributed by atoms with Gasteiger partial charge in [0.05, 0.1) is 27.4 Å². The Morgan fingerprint density at radius 2 is 0.758 bits per heavy atom. The zero-order valence-electron chi connectivity index (χ0n) is 43.4.